The van der Waals surface area contributed by atoms with E-state index in [1.807, 2.05) is 62.1 Å². The summed E-state index contributed by atoms with van der Waals surface area (Å²) in [5.41, 5.74) is 4.64. The molecule has 0 unspecified atom stereocenters. The number of fused-ring (bicyclic) bond motifs is 1. The molecule has 0 saturated heterocycles. The van der Waals surface area contributed by atoms with Crippen molar-refractivity contribution in [2.45, 2.75) is 39.8 Å². The van der Waals surface area contributed by atoms with Crippen molar-refractivity contribution in [1.82, 2.24) is 15.0 Å². The summed E-state index contributed by atoms with van der Waals surface area (Å²) in [6.45, 7) is 6.53. The summed E-state index contributed by atoms with van der Waals surface area (Å²) in [4.78, 5) is 19.3. The SMILES string of the molecule is CCc1nc(-c2cc(C)c3c(c2)CN([C@@H](C)c2ccc(Cl)cc2)C3=O)no1. The third-order valence-electron chi connectivity index (χ3n) is 5.08. The molecule has 3 aromatic rings. The van der Waals surface area contributed by atoms with Crippen molar-refractivity contribution >= 4 is 17.5 Å². The van der Waals surface area contributed by atoms with Gasteiger partial charge in [-0.25, -0.2) is 0 Å². The first-order chi connectivity index (χ1) is 13.0. The molecule has 138 valence electrons. The van der Waals surface area contributed by atoms with Crippen LogP contribution in [-0.4, -0.2) is 20.9 Å². The van der Waals surface area contributed by atoms with E-state index in [1.165, 1.54) is 0 Å². The average molecular weight is 382 g/mol. The topological polar surface area (TPSA) is 59.2 Å². The molecule has 0 spiro atoms. The fourth-order valence-electron chi connectivity index (χ4n) is 3.57. The number of aryl methyl sites for hydroxylation is 2. The lowest BCUT2D eigenvalue weighted by Gasteiger charge is -2.24. The maximum atomic E-state index is 13.0. The smallest absolute Gasteiger partial charge is 0.255 e. The molecule has 0 saturated carbocycles. The number of hydrogen-bond donors (Lipinski definition) is 0. The van der Waals surface area contributed by atoms with Gasteiger partial charge in [-0.3, -0.25) is 4.79 Å². The van der Waals surface area contributed by atoms with Crippen LogP contribution in [0.2, 0.25) is 5.02 Å². The molecular weight excluding hydrogens is 362 g/mol. The predicted octanol–water partition coefficient (Wildman–Crippen LogP) is 4.98. The van der Waals surface area contributed by atoms with Gasteiger partial charge in [0, 0.05) is 29.1 Å². The van der Waals surface area contributed by atoms with E-state index in [2.05, 4.69) is 10.1 Å². The van der Waals surface area contributed by atoms with Crippen molar-refractivity contribution in [3.8, 4) is 11.4 Å². The Morgan fingerprint density at radius 3 is 2.67 bits per heavy atom. The summed E-state index contributed by atoms with van der Waals surface area (Å²) in [6, 6.07) is 11.6. The zero-order valence-corrected chi connectivity index (χ0v) is 16.2. The van der Waals surface area contributed by atoms with E-state index in [4.69, 9.17) is 16.1 Å². The number of rotatable bonds is 4. The van der Waals surface area contributed by atoms with Gasteiger partial charge in [0.15, 0.2) is 0 Å². The Bertz CT molecular complexity index is 1010. The van der Waals surface area contributed by atoms with Crippen molar-refractivity contribution in [1.29, 1.82) is 0 Å². The number of nitrogens with zero attached hydrogens (tertiary/aromatic N) is 3. The molecule has 4 rings (SSSR count). The van der Waals surface area contributed by atoms with Crippen LogP contribution >= 0.6 is 11.6 Å². The molecule has 0 fully saturated rings. The minimum atomic E-state index is -0.0399. The summed E-state index contributed by atoms with van der Waals surface area (Å²) < 4.78 is 5.23. The molecule has 1 aliphatic rings. The largest absolute Gasteiger partial charge is 0.339 e. The van der Waals surface area contributed by atoms with Crippen molar-refractivity contribution < 1.29 is 9.32 Å². The number of benzene rings is 2. The van der Waals surface area contributed by atoms with E-state index in [0.717, 1.165) is 27.8 Å². The minimum Gasteiger partial charge on any atom is -0.339 e. The quantitative estimate of drug-likeness (QED) is 0.639. The normalized spacial score (nSPS) is 14.5. The highest BCUT2D eigenvalue weighted by molar-refractivity contribution is 6.30. The van der Waals surface area contributed by atoms with Gasteiger partial charge >= 0.3 is 0 Å². The molecule has 1 atom stereocenters. The molecular formula is C21H20ClN3O2. The van der Waals surface area contributed by atoms with Gasteiger partial charge in [0.1, 0.15) is 0 Å². The third kappa shape index (κ3) is 3.12. The molecule has 1 aromatic heterocycles. The molecule has 2 aromatic carbocycles. The second-order valence-corrected chi connectivity index (χ2v) is 7.29. The Labute approximate surface area is 163 Å². The Balaban J connectivity index is 1.67. The van der Waals surface area contributed by atoms with Crippen LogP contribution in [0.4, 0.5) is 0 Å². The number of carbonyl (C=O) groups is 1. The van der Waals surface area contributed by atoms with E-state index < -0.39 is 0 Å². The van der Waals surface area contributed by atoms with Crippen LogP contribution in [-0.2, 0) is 13.0 Å². The molecule has 0 radical (unpaired) electrons. The summed E-state index contributed by atoms with van der Waals surface area (Å²) >= 11 is 5.99. The highest BCUT2D eigenvalue weighted by Gasteiger charge is 2.33. The fraction of sp³-hybridized carbons (Fsp3) is 0.286. The standard InChI is InChI=1S/C21H20ClN3O2/c1-4-18-23-20(24-27-18)15-9-12(2)19-16(10-15)11-25(21(19)26)13(3)14-5-7-17(22)8-6-14/h5-10,13H,4,11H2,1-3H3/t13-/m0/s1. The van der Waals surface area contributed by atoms with Gasteiger partial charge in [-0.15, -0.1) is 0 Å². The first kappa shape index (κ1) is 17.7. The van der Waals surface area contributed by atoms with Gasteiger partial charge in [-0.2, -0.15) is 4.98 Å². The van der Waals surface area contributed by atoms with Gasteiger partial charge in [-0.1, -0.05) is 35.8 Å². The maximum Gasteiger partial charge on any atom is 0.255 e. The van der Waals surface area contributed by atoms with Crippen molar-refractivity contribution in [2.24, 2.45) is 0 Å². The molecule has 5 nitrogen and oxygen atoms in total. The van der Waals surface area contributed by atoms with Crippen LogP contribution in [0.5, 0.6) is 0 Å². The molecule has 0 aliphatic carbocycles. The van der Waals surface area contributed by atoms with Gasteiger partial charge in [-0.05, 0) is 54.8 Å². The molecule has 27 heavy (non-hydrogen) atoms. The number of hydrogen-bond acceptors (Lipinski definition) is 4. The fourth-order valence-corrected chi connectivity index (χ4v) is 3.69. The first-order valence-electron chi connectivity index (χ1n) is 9.00. The average Bonchev–Trinajstić information content (AvgIpc) is 3.26. The third-order valence-corrected chi connectivity index (χ3v) is 5.33. The van der Waals surface area contributed by atoms with Crippen LogP contribution < -0.4 is 0 Å². The Hall–Kier alpha value is -2.66. The summed E-state index contributed by atoms with van der Waals surface area (Å²) in [5, 5.41) is 4.74. The van der Waals surface area contributed by atoms with Crippen LogP contribution in [0.25, 0.3) is 11.4 Å². The highest BCUT2D eigenvalue weighted by Crippen LogP contribution is 2.35. The Kier molecular flexibility index (Phi) is 4.48. The molecule has 0 N–H and O–H groups in total. The van der Waals surface area contributed by atoms with Crippen LogP contribution in [0, 0.1) is 6.92 Å². The van der Waals surface area contributed by atoms with E-state index in [-0.39, 0.29) is 11.9 Å². The molecule has 0 bridgehead atoms. The van der Waals surface area contributed by atoms with Gasteiger partial charge < -0.3 is 9.42 Å². The molecule has 1 amide bonds. The van der Waals surface area contributed by atoms with E-state index >= 15 is 0 Å². The number of carbonyl (C=O) groups excluding carboxylic acids is 1. The monoisotopic (exact) mass is 381 g/mol. The van der Waals surface area contributed by atoms with Gasteiger partial charge in [0.2, 0.25) is 11.7 Å². The zero-order valence-electron chi connectivity index (χ0n) is 15.5. The van der Waals surface area contributed by atoms with Crippen LogP contribution in [0.3, 0.4) is 0 Å². The highest BCUT2D eigenvalue weighted by atomic mass is 35.5. The number of aromatic nitrogens is 2. The lowest BCUT2D eigenvalue weighted by molar-refractivity contribution is 0.0715. The van der Waals surface area contributed by atoms with Crippen LogP contribution in [0.15, 0.2) is 40.9 Å². The molecule has 2 heterocycles. The lowest BCUT2D eigenvalue weighted by atomic mass is 10.00. The Morgan fingerprint density at radius 1 is 1.26 bits per heavy atom. The second-order valence-electron chi connectivity index (χ2n) is 6.85. The Morgan fingerprint density at radius 2 is 2.00 bits per heavy atom. The molecule has 1 aliphatic heterocycles. The minimum absolute atomic E-state index is 0.0399. The first-order valence-corrected chi connectivity index (χ1v) is 9.38. The zero-order chi connectivity index (χ0) is 19.1. The predicted molar refractivity (Wildman–Crippen MR) is 104 cm³/mol. The van der Waals surface area contributed by atoms with Gasteiger partial charge in [0.25, 0.3) is 5.91 Å². The summed E-state index contributed by atoms with van der Waals surface area (Å²) in [5.74, 6) is 1.23. The summed E-state index contributed by atoms with van der Waals surface area (Å²) in [7, 11) is 0. The number of amides is 1. The van der Waals surface area contributed by atoms with E-state index in [0.29, 0.717) is 29.7 Å². The van der Waals surface area contributed by atoms with Crippen molar-refractivity contribution in [3.63, 3.8) is 0 Å². The van der Waals surface area contributed by atoms with Crippen LogP contribution in [0.1, 0.15) is 52.8 Å². The summed E-state index contributed by atoms with van der Waals surface area (Å²) in [6.07, 6.45) is 0.696. The van der Waals surface area contributed by atoms with Crippen molar-refractivity contribution in [3.05, 3.63) is 69.6 Å². The molecule has 6 heteroatoms. The van der Waals surface area contributed by atoms with Gasteiger partial charge in [0.05, 0.1) is 6.04 Å². The van der Waals surface area contributed by atoms with E-state index in [9.17, 15) is 4.79 Å². The number of halogens is 1. The van der Waals surface area contributed by atoms with E-state index in [1.54, 1.807) is 0 Å². The second kappa shape index (κ2) is 6.82. The maximum absolute atomic E-state index is 13.0. The lowest BCUT2D eigenvalue weighted by Crippen LogP contribution is -2.27. The van der Waals surface area contributed by atoms with Crippen molar-refractivity contribution in [2.75, 3.05) is 0 Å².